The van der Waals surface area contributed by atoms with Crippen molar-refractivity contribution in [3.63, 3.8) is 0 Å². The van der Waals surface area contributed by atoms with E-state index in [0.717, 1.165) is 20.1 Å². The van der Waals surface area contributed by atoms with Crippen LogP contribution in [0.15, 0.2) is 46.8 Å². The van der Waals surface area contributed by atoms with E-state index in [1.165, 1.54) is 18.9 Å². The number of nitrogens with one attached hydrogen (secondary N) is 1. The molecule has 0 saturated carbocycles. The summed E-state index contributed by atoms with van der Waals surface area (Å²) in [6.45, 7) is 2.03. The van der Waals surface area contributed by atoms with Crippen LogP contribution in [0.1, 0.15) is 5.56 Å². The Bertz CT molecular complexity index is 984. The van der Waals surface area contributed by atoms with Crippen LogP contribution in [-0.4, -0.2) is 32.0 Å². The fourth-order valence-corrected chi connectivity index (χ4v) is 5.85. The van der Waals surface area contributed by atoms with Crippen molar-refractivity contribution in [1.29, 1.82) is 0 Å². The molecule has 0 spiro atoms. The topological polar surface area (TPSA) is 68.3 Å². The first kappa shape index (κ1) is 18.0. The number of thiazole rings is 1. The fraction of sp³-hybridized carbons (Fsp3) is 0.235. The SMILES string of the molecule is COc1ccccc1NS(=O)(=O)CCSc1nc2cc(C)ccc2s1. The van der Waals surface area contributed by atoms with Gasteiger partial charge in [0.1, 0.15) is 5.75 Å². The number of methoxy groups -OCH3 is 1. The summed E-state index contributed by atoms with van der Waals surface area (Å²) < 4.78 is 34.3. The van der Waals surface area contributed by atoms with Crippen LogP contribution in [0.2, 0.25) is 0 Å². The zero-order valence-corrected chi connectivity index (χ0v) is 16.3. The maximum Gasteiger partial charge on any atom is 0.233 e. The second-order valence-electron chi connectivity index (χ2n) is 5.42. The predicted molar refractivity (Wildman–Crippen MR) is 105 cm³/mol. The number of fused-ring (bicyclic) bond motifs is 1. The number of aryl methyl sites for hydroxylation is 1. The van der Waals surface area contributed by atoms with E-state index in [0.29, 0.717) is 17.2 Å². The van der Waals surface area contributed by atoms with Crippen LogP contribution >= 0.6 is 23.1 Å². The zero-order chi connectivity index (χ0) is 17.9. The average molecular weight is 395 g/mol. The minimum Gasteiger partial charge on any atom is -0.495 e. The van der Waals surface area contributed by atoms with Crippen LogP contribution in [0.25, 0.3) is 10.2 Å². The van der Waals surface area contributed by atoms with Crippen molar-refractivity contribution in [3.8, 4) is 5.75 Å². The molecule has 25 heavy (non-hydrogen) atoms. The van der Waals surface area contributed by atoms with Crippen LogP contribution in [0.4, 0.5) is 5.69 Å². The maximum atomic E-state index is 12.3. The number of aromatic nitrogens is 1. The Hall–Kier alpha value is -1.77. The van der Waals surface area contributed by atoms with Gasteiger partial charge < -0.3 is 4.74 Å². The predicted octanol–water partition coefficient (Wildman–Crippen LogP) is 4.15. The summed E-state index contributed by atoms with van der Waals surface area (Å²) in [6.07, 6.45) is 0. The quantitative estimate of drug-likeness (QED) is 0.610. The number of rotatable bonds is 7. The van der Waals surface area contributed by atoms with Gasteiger partial charge in [-0.25, -0.2) is 13.4 Å². The van der Waals surface area contributed by atoms with E-state index in [1.807, 2.05) is 19.1 Å². The highest BCUT2D eigenvalue weighted by Gasteiger charge is 2.14. The van der Waals surface area contributed by atoms with Crippen LogP contribution in [0, 0.1) is 6.92 Å². The second kappa shape index (κ2) is 7.63. The summed E-state index contributed by atoms with van der Waals surface area (Å²) >= 11 is 3.04. The lowest BCUT2D eigenvalue weighted by Crippen LogP contribution is -2.18. The van der Waals surface area contributed by atoms with Crippen molar-refractivity contribution in [3.05, 3.63) is 48.0 Å². The van der Waals surface area contributed by atoms with Gasteiger partial charge >= 0.3 is 0 Å². The average Bonchev–Trinajstić information content (AvgIpc) is 2.96. The third-order valence-corrected chi connectivity index (χ3v) is 7.19. The molecular formula is C17H18N2O3S3. The Kier molecular flexibility index (Phi) is 5.51. The molecule has 3 aromatic rings. The Balaban J connectivity index is 1.61. The Morgan fingerprint density at radius 1 is 1.24 bits per heavy atom. The number of hydrogen-bond donors (Lipinski definition) is 1. The van der Waals surface area contributed by atoms with E-state index >= 15 is 0 Å². The van der Waals surface area contributed by atoms with Crippen molar-refractivity contribution in [2.75, 3.05) is 23.3 Å². The van der Waals surface area contributed by atoms with Crippen molar-refractivity contribution in [1.82, 2.24) is 4.98 Å². The van der Waals surface area contributed by atoms with Gasteiger partial charge in [-0.05, 0) is 36.8 Å². The molecule has 5 nitrogen and oxygen atoms in total. The van der Waals surface area contributed by atoms with Gasteiger partial charge in [0.15, 0.2) is 4.34 Å². The molecular weight excluding hydrogens is 376 g/mol. The summed E-state index contributed by atoms with van der Waals surface area (Å²) in [6, 6.07) is 13.1. The van der Waals surface area contributed by atoms with E-state index in [-0.39, 0.29) is 5.75 Å². The molecule has 0 radical (unpaired) electrons. The summed E-state index contributed by atoms with van der Waals surface area (Å²) in [5, 5.41) is 0. The van der Waals surface area contributed by atoms with E-state index < -0.39 is 10.0 Å². The lowest BCUT2D eigenvalue weighted by molar-refractivity contribution is 0.417. The standard InChI is InChI=1S/C17H18N2O3S3/c1-12-7-8-16-14(11-12)18-17(24-16)23-9-10-25(20,21)19-13-5-3-4-6-15(13)22-2/h3-8,11,19H,9-10H2,1-2H3. The van der Waals surface area contributed by atoms with E-state index in [4.69, 9.17) is 4.74 Å². The third kappa shape index (κ3) is 4.65. The number of thioether (sulfide) groups is 1. The van der Waals surface area contributed by atoms with E-state index in [1.54, 1.807) is 35.6 Å². The largest absolute Gasteiger partial charge is 0.495 e. The highest BCUT2D eigenvalue weighted by molar-refractivity contribution is 8.02. The van der Waals surface area contributed by atoms with Gasteiger partial charge in [0, 0.05) is 5.75 Å². The highest BCUT2D eigenvalue weighted by Crippen LogP contribution is 2.30. The van der Waals surface area contributed by atoms with Gasteiger partial charge in [-0.1, -0.05) is 30.0 Å². The minimum absolute atomic E-state index is 0.00463. The zero-order valence-electron chi connectivity index (χ0n) is 13.9. The van der Waals surface area contributed by atoms with Gasteiger partial charge in [-0.2, -0.15) is 0 Å². The molecule has 0 fully saturated rings. The molecule has 2 aromatic carbocycles. The van der Waals surface area contributed by atoms with Crippen molar-refractivity contribution in [2.45, 2.75) is 11.3 Å². The van der Waals surface area contributed by atoms with Gasteiger partial charge in [0.25, 0.3) is 0 Å². The molecule has 0 aliphatic rings. The summed E-state index contributed by atoms with van der Waals surface area (Å²) in [7, 11) is -1.94. The molecule has 0 unspecified atom stereocenters. The number of hydrogen-bond acceptors (Lipinski definition) is 6. The molecule has 132 valence electrons. The fourth-order valence-electron chi connectivity index (χ4n) is 2.26. The van der Waals surface area contributed by atoms with Crippen LogP contribution in [0.5, 0.6) is 5.75 Å². The van der Waals surface area contributed by atoms with Crippen molar-refractivity contribution in [2.24, 2.45) is 0 Å². The number of benzene rings is 2. The van der Waals surface area contributed by atoms with Gasteiger partial charge in [0.2, 0.25) is 10.0 Å². The molecule has 1 aromatic heterocycles. The molecule has 0 aliphatic carbocycles. The van der Waals surface area contributed by atoms with Crippen molar-refractivity contribution < 1.29 is 13.2 Å². The second-order valence-corrected chi connectivity index (χ2v) is 9.64. The van der Waals surface area contributed by atoms with Crippen LogP contribution < -0.4 is 9.46 Å². The summed E-state index contributed by atoms with van der Waals surface area (Å²) in [5.74, 6) is 0.939. The first-order chi connectivity index (χ1) is 12.0. The van der Waals surface area contributed by atoms with Crippen molar-refractivity contribution >= 4 is 49.0 Å². The minimum atomic E-state index is -3.45. The maximum absolute atomic E-state index is 12.3. The first-order valence-corrected chi connectivity index (χ1v) is 11.1. The monoisotopic (exact) mass is 394 g/mol. The Morgan fingerprint density at radius 3 is 2.84 bits per heavy atom. The summed E-state index contributed by atoms with van der Waals surface area (Å²) in [5.41, 5.74) is 2.57. The Morgan fingerprint density at radius 2 is 2.04 bits per heavy atom. The molecule has 3 rings (SSSR count). The molecule has 8 heteroatoms. The van der Waals surface area contributed by atoms with Gasteiger partial charge in [-0.3, -0.25) is 4.72 Å². The Labute approximate surface area is 155 Å². The number of para-hydroxylation sites is 2. The third-order valence-electron chi connectivity index (χ3n) is 3.47. The number of sulfonamides is 1. The van der Waals surface area contributed by atoms with E-state index in [2.05, 4.69) is 15.8 Å². The van der Waals surface area contributed by atoms with Gasteiger partial charge in [-0.15, -0.1) is 11.3 Å². The molecule has 0 atom stereocenters. The first-order valence-electron chi connectivity index (χ1n) is 7.60. The molecule has 0 saturated heterocycles. The number of anilines is 1. The molecule has 0 aliphatic heterocycles. The van der Waals surface area contributed by atoms with Crippen LogP contribution in [0.3, 0.4) is 0 Å². The summed E-state index contributed by atoms with van der Waals surface area (Å²) in [4.78, 5) is 4.55. The number of ether oxygens (including phenoxy) is 1. The normalized spacial score (nSPS) is 11.6. The lowest BCUT2D eigenvalue weighted by atomic mass is 10.2. The molecule has 0 bridgehead atoms. The highest BCUT2D eigenvalue weighted by atomic mass is 32.2. The molecule has 1 heterocycles. The number of nitrogens with zero attached hydrogens (tertiary/aromatic N) is 1. The molecule has 0 amide bonds. The van der Waals surface area contributed by atoms with Crippen LogP contribution in [-0.2, 0) is 10.0 Å². The van der Waals surface area contributed by atoms with Gasteiger partial charge in [0.05, 0.1) is 28.8 Å². The van der Waals surface area contributed by atoms with E-state index in [9.17, 15) is 8.42 Å². The molecule has 1 N–H and O–H groups in total. The smallest absolute Gasteiger partial charge is 0.233 e. The lowest BCUT2D eigenvalue weighted by Gasteiger charge is -2.11.